The molecule has 2 aromatic carbocycles. The van der Waals surface area contributed by atoms with E-state index < -0.39 is 5.97 Å². The number of thiophene rings is 1. The van der Waals surface area contributed by atoms with Crippen molar-refractivity contribution in [3.8, 4) is 11.1 Å². The first kappa shape index (κ1) is 20.6. The first-order valence-electron chi connectivity index (χ1n) is 9.36. The smallest absolute Gasteiger partial charge is 0.341 e. The summed E-state index contributed by atoms with van der Waals surface area (Å²) in [5.74, 6) is -0.774. The van der Waals surface area contributed by atoms with Gasteiger partial charge in [0.05, 0.1) is 7.11 Å². The van der Waals surface area contributed by atoms with Crippen molar-refractivity contribution in [2.75, 3.05) is 12.4 Å². The first-order chi connectivity index (χ1) is 14.0. The molecule has 3 rings (SSSR count). The van der Waals surface area contributed by atoms with Crippen LogP contribution in [0.5, 0.6) is 0 Å². The Morgan fingerprint density at radius 3 is 2.38 bits per heavy atom. The number of nitrogens with one attached hydrogen (secondary N) is 1. The van der Waals surface area contributed by atoms with Gasteiger partial charge in [-0.3, -0.25) is 4.79 Å². The Hall–Kier alpha value is -3.18. The summed E-state index contributed by atoms with van der Waals surface area (Å²) < 4.78 is 4.96. The lowest BCUT2D eigenvalue weighted by Gasteiger charge is -2.07. The third kappa shape index (κ3) is 5.00. The molecule has 0 saturated carbocycles. The van der Waals surface area contributed by atoms with E-state index >= 15 is 0 Å². The molecule has 1 N–H and O–H groups in total. The lowest BCUT2D eigenvalue weighted by molar-refractivity contribution is -0.111. The van der Waals surface area contributed by atoms with Crippen LogP contribution in [0.3, 0.4) is 0 Å². The number of rotatable bonds is 6. The minimum Gasteiger partial charge on any atom is -0.465 e. The van der Waals surface area contributed by atoms with Crippen molar-refractivity contribution in [2.45, 2.75) is 20.3 Å². The van der Waals surface area contributed by atoms with Crippen molar-refractivity contribution in [3.63, 3.8) is 0 Å². The fraction of sp³-hybridized carbons (Fsp3) is 0.167. The molecule has 0 atom stereocenters. The summed E-state index contributed by atoms with van der Waals surface area (Å²) in [6.45, 7) is 4.11. The number of ether oxygens (including phenoxy) is 1. The Bertz CT molecular complexity index is 1030. The van der Waals surface area contributed by atoms with Gasteiger partial charge in [-0.2, -0.15) is 0 Å². The summed E-state index contributed by atoms with van der Waals surface area (Å²) in [6, 6.07) is 15.9. The van der Waals surface area contributed by atoms with Crippen LogP contribution in [0.1, 0.15) is 34.0 Å². The van der Waals surface area contributed by atoms with Crippen LogP contribution in [0.4, 0.5) is 5.00 Å². The van der Waals surface area contributed by atoms with Gasteiger partial charge in [0.25, 0.3) is 0 Å². The molecular formula is C24H23NO3S. The zero-order valence-corrected chi connectivity index (χ0v) is 17.5. The van der Waals surface area contributed by atoms with Gasteiger partial charge in [0.2, 0.25) is 5.91 Å². The number of anilines is 1. The molecule has 0 aliphatic rings. The van der Waals surface area contributed by atoms with Gasteiger partial charge >= 0.3 is 5.97 Å². The second-order valence-corrected chi connectivity index (χ2v) is 7.51. The monoisotopic (exact) mass is 405 g/mol. The van der Waals surface area contributed by atoms with Gasteiger partial charge in [0, 0.05) is 17.0 Å². The molecule has 0 aliphatic heterocycles. The van der Waals surface area contributed by atoms with Crippen LogP contribution in [0, 0.1) is 6.92 Å². The van der Waals surface area contributed by atoms with E-state index in [1.54, 1.807) is 6.08 Å². The second-order valence-electron chi connectivity index (χ2n) is 6.63. The summed E-state index contributed by atoms with van der Waals surface area (Å²) in [7, 11) is 1.34. The molecule has 4 nitrogen and oxygen atoms in total. The molecule has 1 amide bonds. The predicted octanol–water partition coefficient (Wildman–Crippen LogP) is 5.72. The highest BCUT2D eigenvalue weighted by molar-refractivity contribution is 7.15. The number of hydrogen-bond acceptors (Lipinski definition) is 4. The lowest BCUT2D eigenvalue weighted by Crippen LogP contribution is -2.11. The molecule has 0 radical (unpaired) electrons. The molecule has 0 saturated heterocycles. The van der Waals surface area contributed by atoms with Gasteiger partial charge < -0.3 is 10.1 Å². The molecule has 0 unspecified atom stereocenters. The van der Waals surface area contributed by atoms with Crippen LogP contribution < -0.4 is 5.32 Å². The number of methoxy groups -OCH3 is 1. The molecule has 148 valence electrons. The number of hydrogen-bond donors (Lipinski definition) is 1. The minimum absolute atomic E-state index is 0.301. The van der Waals surface area contributed by atoms with Crippen molar-refractivity contribution < 1.29 is 14.3 Å². The molecule has 29 heavy (non-hydrogen) atoms. The van der Waals surface area contributed by atoms with Crippen LogP contribution in [0.15, 0.2) is 60.0 Å². The zero-order chi connectivity index (χ0) is 20.8. The van der Waals surface area contributed by atoms with E-state index in [0.717, 1.165) is 28.7 Å². The van der Waals surface area contributed by atoms with Crippen molar-refractivity contribution >= 4 is 34.3 Å². The topological polar surface area (TPSA) is 55.4 Å². The highest BCUT2D eigenvalue weighted by Gasteiger charge is 2.21. The van der Waals surface area contributed by atoms with E-state index in [0.29, 0.717) is 10.6 Å². The normalized spacial score (nSPS) is 10.9. The van der Waals surface area contributed by atoms with Gasteiger partial charge in [0.1, 0.15) is 10.6 Å². The third-order valence-electron chi connectivity index (χ3n) is 4.59. The average Bonchev–Trinajstić information content (AvgIpc) is 3.16. The zero-order valence-electron chi connectivity index (χ0n) is 16.7. The Morgan fingerprint density at radius 2 is 1.76 bits per heavy atom. The molecule has 0 aliphatic carbocycles. The van der Waals surface area contributed by atoms with E-state index in [-0.39, 0.29) is 5.91 Å². The molecule has 0 bridgehead atoms. The fourth-order valence-electron chi connectivity index (χ4n) is 2.89. The van der Waals surface area contributed by atoms with E-state index in [1.807, 2.05) is 60.8 Å². The standard InChI is InChI=1S/C24H23NO3S/c1-4-17-9-12-19(13-10-17)20-15-29-23(22(20)24(27)28-3)25-21(26)14-11-18-7-5-16(2)6-8-18/h5-15H,4H2,1-3H3,(H,25,26)/b14-11+. The first-order valence-corrected chi connectivity index (χ1v) is 10.2. The summed E-state index contributed by atoms with van der Waals surface area (Å²) in [5.41, 5.74) is 5.35. The number of benzene rings is 2. The quantitative estimate of drug-likeness (QED) is 0.421. The molecule has 3 aromatic rings. The molecule has 1 aromatic heterocycles. The Labute approximate surface area is 174 Å². The van der Waals surface area contributed by atoms with Crippen molar-refractivity contribution in [1.82, 2.24) is 0 Å². The molecule has 0 spiro atoms. The largest absolute Gasteiger partial charge is 0.465 e. The predicted molar refractivity (Wildman–Crippen MR) is 119 cm³/mol. The average molecular weight is 406 g/mol. The Kier molecular flexibility index (Phi) is 6.62. The van der Waals surface area contributed by atoms with Crippen molar-refractivity contribution in [1.29, 1.82) is 0 Å². The van der Waals surface area contributed by atoms with E-state index in [2.05, 4.69) is 12.2 Å². The van der Waals surface area contributed by atoms with Crippen LogP contribution in [0.25, 0.3) is 17.2 Å². The highest BCUT2D eigenvalue weighted by Crippen LogP contribution is 2.36. The number of carbonyl (C=O) groups excluding carboxylic acids is 2. The highest BCUT2D eigenvalue weighted by atomic mass is 32.1. The number of amides is 1. The van der Waals surface area contributed by atoms with Crippen LogP contribution >= 0.6 is 11.3 Å². The Balaban J connectivity index is 1.84. The summed E-state index contributed by atoms with van der Waals surface area (Å²) in [4.78, 5) is 24.8. The van der Waals surface area contributed by atoms with E-state index in [9.17, 15) is 9.59 Å². The van der Waals surface area contributed by atoms with Crippen LogP contribution in [-0.4, -0.2) is 19.0 Å². The SMILES string of the molecule is CCc1ccc(-c2csc(NC(=O)/C=C/c3ccc(C)cc3)c2C(=O)OC)cc1. The number of aryl methyl sites for hydroxylation is 2. The Morgan fingerprint density at radius 1 is 1.07 bits per heavy atom. The second kappa shape index (κ2) is 9.34. The molecule has 0 fully saturated rings. The van der Waals surface area contributed by atoms with Crippen LogP contribution in [-0.2, 0) is 16.0 Å². The molecule has 1 heterocycles. The maximum Gasteiger partial charge on any atom is 0.341 e. The van der Waals surface area contributed by atoms with Gasteiger partial charge in [-0.05, 0) is 36.1 Å². The van der Waals surface area contributed by atoms with Crippen LogP contribution in [0.2, 0.25) is 0 Å². The summed E-state index contributed by atoms with van der Waals surface area (Å²) >= 11 is 1.31. The number of esters is 1. The van der Waals surface area contributed by atoms with Gasteiger partial charge in [-0.25, -0.2) is 4.79 Å². The summed E-state index contributed by atoms with van der Waals surface area (Å²) in [6.07, 6.45) is 4.15. The molecular weight excluding hydrogens is 382 g/mol. The van der Waals surface area contributed by atoms with Gasteiger partial charge in [0.15, 0.2) is 0 Å². The van der Waals surface area contributed by atoms with Gasteiger partial charge in [-0.15, -0.1) is 11.3 Å². The molecule has 5 heteroatoms. The number of carbonyl (C=O) groups is 2. The van der Waals surface area contributed by atoms with Gasteiger partial charge in [-0.1, -0.05) is 61.0 Å². The minimum atomic E-state index is -0.473. The van der Waals surface area contributed by atoms with Crippen molar-refractivity contribution in [3.05, 3.63) is 82.2 Å². The third-order valence-corrected chi connectivity index (χ3v) is 5.49. The lowest BCUT2D eigenvalue weighted by atomic mass is 10.0. The fourth-order valence-corrected chi connectivity index (χ4v) is 3.85. The maximum absolute atomic E-state index is 12.4. The maximum atomic E-state index is 12.4. The summed E-state index contributed by atoms with van der Waals surface area (Å²) in [5, 5.41) is 5.16. The van der Waals surface area contributed by atoms with E-state index in [4.69, 9.17) is 4.74 Å². The van der Waals surface area contributed by atoms with Crippen molar-refractivity contribution in [2.24, 2.45) is 0 Å². The van der Waals surface area contributed by atoms with E-state index in [1.165, 1.54) is 30.1 Å².